The molecule has 3 nitrogen and oxygen atoms in total. The summed E-state index contributed by atoms with van der Waals surface area (Å²) in [6.45, 7) is 0. The molecule has 0 heterocycles. The fraction of sp³-hybridized carbons (Fsp3) is 0.100. The Bertz CT molecular complexity index is 372. The summed E-state index contributed by atoms with van der Waals surface area (Å²) in [4.78, 5) is 11.6. The van der Waals surface area contributed by atoms with E-state index in [0.717, 1.165) is 0 Å². The SMILES string of the molecule is COC(NC(=O)c1ccccc1)=C(Cl)Cl. The van der Waals surface area contributed by atoms with E-state index in [2.05, 4.69) is 5.32 Å². The fourth-order valence-electron chi connectivity index (χ4n) is 0.940. The molecule has 1 amide bonds. The third-order valence-electron chi connectivity index (χ3n) is 1.64. The van der Waals surface area contributed by atoms with Crippen molar-refractivity contribution in [1.29, 1.82) is 0 Å². The highest BCUT2D eigenvalue weighted by molar-refractivity contribution is 6.56. The monoisotopic (exact) mass is 245 g/mol. The molecule has 0 aliphatic carbocycles. The molecule has 0 bridgehead atoms. The van der Waals surface area contributed by atoms with Crippen LogP contribution < -0.4 is 5.32 Å². The van der Waals surface area contributed by atoms with E-state index >= 15 is 0 Å². The largest absolute Gasteiger partial charge is 0.481 e. The first-order valence-corrected chi connectivity index (χ1v) is 4.86. The van der Waals surface area contributed by atoms with Crippen LogP contribution in [-0.2, 0) is 4.74 Å². The molecule has 0 aromatic heterocycles. The zero-order valence-electron chi connectivity index (χ0n) is 7.96. The Morgan fingerprint density at radius 1 is 1.27 bits per heavy atom. The van der Waals surface area contributed by atoms with Crippen molar-refractivity contribution in [1.82, 2.24) is 5.32 Å². The van der Waals surface area contributed by atoms with Gasteiger partial charge in [-0.25, -0.2) is 0 Å². The number of rotatable bonds is 3. The van der Waals surface area contributed by atoms with Gasteiger partial charge in [0.15, 0.2) is 4.49 Å². The fourth-order valence-corrected chi connectivity index (χ4v) is 1.19. The van der Waals surface area contributed by atoms with E-state index < -0.39 is 0 Å². The maximum Gasteiger partial charge on any atom is 0.258 e. The zero-order valence-corrected chi connectivity index (χ0v) is 9.47. The molecule has 0 radical (unpaired) electrons. The number of hydrogen-bond donors (Lipinski definition) is 1. The van der Waals surface area contributed by atoms with Crippen molar-refractivity contribution in [3.8, 4) is 0 Å². The number of carbonyl (C=O) groups is 1. The second-order valence-electron chi connectivity index (χ2n) is 2.61. The molecule has 5 heteroatoms. The van der Waals surface area contributed by atoms with Gasteiger partial charge in [-0.1, -0.05) is 41.4 Å². The second-order valence-corrected chi connectivity index (χ2v) is 3.56. The molecule has 1 aromatic rings. The maximum absolute atomic E-state index is 11.6. The van der Waals surface area contributed by atoms with Crippen LogP contribution in [0.5, 0.6) is 0 Å². The van der Waals surface area contributed by atoms with Gasteiger partial charge in [-0.3, -0.25) is 10.1 Å². The lowest BCUT2D eigenvalue weighted by atomic mass is 10.2. The minimum Gasteiger partial charge on any atom is -0.481 e. The first-order valence-electron chi connectivity index (χ1n) is 4.11. The summed E-state index contributed by atoms with van der Waals surface area (Å²) in [5, 5.41) is 2.44. The molecule has 0 spiro atoms. The van der Waals surface area contributed by atoms with E-state index in [1.807, 2.05) is 6.07 Å². The molecule has 15 heavy (non-hydrogen) atoms. The quantitative estimate of drug-likeness (QED) is 0.832. The summed E-state index contributed by atoms with van der Waals surface area (Å²) in [6.07, 6.45) is 0. The number of amides is 1. The highest BCUT2D eigenvalue weighted by atomic mass is 35.5. The molecular weight excluding hydrogens is 237 g/mol. The van der Waals surface area contributed by atoms with Gasteiger partial charge in [-0.2, -0.15) is 0 Å². The summed E-state index contributed by atoms with van der Waals surface area (Å²) < 4.78 is 4.66. The van der Waals surface area contributed by atoms with Gasteiger partial charge >= 0.3 is 0 Å². The lowest BCUT2D eigenvalue weighted by Gasteiger charge is -2.07. The Kier molecular flexibility index (Phi) is 4.46. The number of nitrogens with one attached hydrogen (secondary N) is 1. The molecule has 0 saturated carbocycles. The van der Waals surface area contributed by atoms with Gasteiger partial charge < -0.3 is 4.74 Å². The number of hydrogen-bond acceptors (Lipinski definition) is 2. The van der Waals surface area contributed by atoms with Crippen LogP contribution in [0.4, 0.5) is 0 Å². The van der Waals surface area contributed by atoms with E-state index in [0.29, 0.717) is 5.56 Å². The molecule has 0 aliphatic rings. The summed E-state index contributed by atoms with van der Waals surface area (Å²) in [6, 6.07) is 8.68. The standard InChI is InChI=1S/C10H9Cl2NO2/c1-15-10(8(11)12)13-9(14)7-5-3-2-4-6-7/h2-6H,1H3,(H,13,14). The van der Waals surface area contributed by atoms with Crippen molar-refractivity contribution in [3.63, 3.8) is 0 Å². The highest BCUT2D eigenvalue weighted by Crippen LogP contribution is 2.12. The Morgan fingerprint density at radius 2 is 1.87 bits per heavy atom. The van der Waals surface area contributed by atoms with Crippen LogP contribution in [0.3, 0.4) is 0 Å². The minimum atomic E-state index is -0.328. The maximum atomic E-state index is 11.6. The molecular formula is C10H9Cl2NO2. The van der Waals surface area contributed by atoms with Crippen molar-refractivity contribution >= 4 is 29.1 Å². The van der Waals surface area contributed by atoms with Crippen molar-refractivity contribution in [2.75, 3.05) is 7.11 Å². The summed E-state index contributed by atoms with van der Waals surface area (Å²) in [7, 11) is 1.37. The minimum absolute atomic E-state index is 0.0344. The van der Waals surface area contributed by atoms with Crippen molar-refractivity contribution in [2.24, 2.45) is 0 Å². The molecule has 1 rings (SSSR count). The first-order chi connectivity index (χ1) is 7.15. The summed E-state index contributed by atoms with van der Waals surface area (Å²) in [5.41, 5.74) is 0.502. The van der Waals surface area contributed by atoms with Gasteiger partial charge in [0.05, 0.1) is 7.11 Å². The van der Waals surface area contributed by atoms with Crippen LogP contribution >= 0.6 is 23.2 Å². The molecule has 0 unspecified atom stereocenters. The van der Waals surface area contributed by atoms with Crippen LogP contribution in [-0.4, -0.2) is 13.0 Å². The van der Waals surface area contributed by atoms with Crippen LogP contribution in [0.15, 0.2) is 40.7 Å². The molecule has 0 atom stereocenters. The van der Waals surface area contributed by atoms with Crippen LogP contribution in [0.2, 0.25) is 0 Å². The van der Waals surface area contributed by atoms with Gasteiger partial charge in [0.25, 0.3) is 5.91 Å². The lowest BCUT2D eigenvalue weighted by molar-refractivity contribution is 0.0935. The predicted molar refractivity (Wildman–Crippen MR) is 59.6 cm³/mol. The third-order valence-corrected chi connectivity index (χ3v) is 1.98. The average Bonchev–Trinajstić information content (AvgIpc) is 2.26. The van der Waals surface area contributed by atoms with E-state index in [1.165, 1.54) is 7.11 Å². The third kappa shape index (κ3) is 3.46. The van der Waals surface area contributed by atoms with Crippen molar-refractivity contribution < 1.29 is 9.53 Å². The molecule has 0 aliphatic heterocycles. The lowest BCUT2D eigenvalue weighted by Crippen LogP contribution is -2.23. The normalized spacial score (nSPS) is 9.27. The first kappa shape index (κ1) is 11.9. The molecule has 0 fully saturated rings. The van der Waals surface area contributed by atoms with Gasteiger partial charge in [-0.15, -0.1) is 0 Å². The van der Waals surface area contributed by atoms with Crippen LogP contribution in [0, 0.1) is 0 Å². The van der Waals surface area contributed by atoms with E-state index in [-0.39, 0.29) is 16.3 Å². The Morgan fingerprint density at radius 3 is 2.33 bits per heavy atom. The topological polar surface area (TPSA) is 38.3 Å². The Hall–Kier alpha value is -1.19. The zero-order chi connectivity index (χ0) is 11.3. The van der Waals surface area contributed by atoms with Crippen LogP contribution in [0.25, 0.3) is 0 Å². The average molecular weight is 246 g/mol. The van der Waals surface area contributed by atoms with E-state index in [1.54, 1.807) is 24.3 Å². The van der Waals surface area contributed by atoms with Crippen LogP contribution in [0.1, 0.15) is 10.4 Å². The molecule has 80 valence electrons. The number of halogens is 2. The number of ether oxygens (including phenoxy) is 1. The number of benzene rings is 1. The van der Waals surface area contributed by atoms with Gasteiger partial charge in [0, 0.05) is 5.56 Å². The Balaban J connectivity index is 2.77. The molecule has 1 N–H and O–H groups in total. The van der Waals surface area contributed by atoms with Crippen molar-refractivity contribution in [3.05, 3.63) is 46.3 Å². The van der Waals surface area contributed by atoms with E-state index in [9.17, 15) is 4.79 Å². The number of carbonyl (C=O) groups excluding carboxylic acids is 1. The highest BCUT2D eigenvalue weighted by Gasteiger charge is 2.09. The van der Waals surface area contributed by atoms with E-state index in [4.69, 9.17) is 27.9 Å². The van der Waals surface area contributed by atoms with Crippen molar-refractivity contribution in [2.45, 2.75) is 0 Å². The molecule has 0 saturated heterocycles. The van der Waals surface area contributed by atoms with Gasteiger partial charge in [-0.05, 0) is 12.1 Å². The summed E-state index contributed by atoms with van der Waals surface area (Å²) >= 11 is 11.0. The second kappa shape index (κ2) is 5.63. The molecule has 1 aromatic carbocycles. The van der Waals surface area contributed by atoms with Gasteiger partial charge in [0.1, 0.15) is 0 Å². The predicted octanol–water partition coefficient (Wildman–Crippen LogP) is 2.67. The number of methoxy groups -OCH3 is 1. The summed E-state index contributed by atoms with van der Waals surface area (Å²) in [5.74, 6) is -0.293. The van der Waals surface area contributed by atoms with Gasteiger partial charge in [0.2, 0.25) is 5.88 Å². The smallest absolute Gasteiger partial charge is 0.258 e. The Labute approximate surface area is 97.6 Å².